The van der Waals surface area contributed by atoms with Crippen molar-refractivity contribution in [3.05, 3.63) is 15.0 Å². The maximum Gasteiger partial charge on any atom is 0.0937 e. The molecule has 0 spiro atoms. The quantitative estimate of drug-likeness (QED) is 0.705. The Morgan fingerprint density at radius 3 is 2.75 bits per heavy atom. The van der Waals surface area contributed by atoms with Crippen molar-refractivity contribution >= 4 is 43.2 Å². The SMILES string of the molecule is BrCc1ncsc1Br. The molecule has 1 aromatic rings. The zero-order valence-electron chi connectivity index (χ0n) is 3.90. The predicted octanol–water partition coefficient (Wildman–Crippen LogP) is 2.80. The fourth-order valence-corrected chi connectivity index (χ4v) is 2.36. The Balaban J connectivity index is 2.92. The molecule has 0 saturated carbocycles. The highest BCUT2D eigenvalue weighted by atomic mass is 79.9. The minimum absolute atomic E-state index is 0.830. The normalized spacial score (nSPS) is 9.75. The number of thiazole rings is 1. The maximum absolute atomic E-state index is 4.06. The summed E-state index contributed by atoms with van der Waals surface area (Å²) in [7, 11) is 0. The van der Waals surface area contributed by atoms with Crippen LogP contribution < -0.4 is 0 Å². The first-order chi connectivity index (χ1) is 3.84. The summed E-state index contributed by atoms with van der Waals surface area (Å²) in [4.78, 5) is 4.06. The van der Waals surface area contributed by atoms with Gasteiger partial charge in [-0.25, -0.2) is 4.98 Å². The smallest absolute Gasteiger partial charge is 0.0937 e. The second-order valence-electron chi connectivity index (χ2n) is 1.21. The molecule has 0 aromatic carbocycles. The van der Waals surface area contributed by atoms with Crippen LogP contribution in [-0.2, 0) is 5.33 Å². The third-order valence-corrected chi connectivity index (χ3v) is 2.92. The number of rotatable bonds is 1. The molecule has 0 saturated heterocycles. The minimum Gasteiger partial charge on any atom is -0.248 e. The van der Waals surface area contributed by atoms with Crippen LogP contribution in [0.25, 0.3) is 0 Å². The molecule has 0 radical (unpaired) electrons. The van der Waals surface area contributed by atoms with Crippen LogP contribution in [0.3, 0.4) is 0 Å². The van der Waals surface area contributed by atoms with Crippen LogP contribution in [0.15, 0.2) is 9.30 Å². The Bertz CT molecular complexity index is 174. The molecule has 0 amide bonds. The summed E-state index contributed by atoms with van der Waals surface area (Å²) in [5.74, 6) is 0. The van der Waals surface area contributed by atoms with E-state index in [4.69, 9.17) is 0 Å². The second kappa shape index (κ2) is 2.94. The predicted molar refractivity (Wildman–Crippen MR) is 42.4 cm³/mol. The van der Waals surface area contributed by atoms with Crippen molar-refractivity contribution in [1.29, 1.82) is 0 Å². The summed E-state index contributed by atoms with van der Waals surface area (Å²) in [6.45, 7) is 0. The van der Waals surface area contributed by atoms with E-state index in [1.165, 1.54) is 0 Å². The summed E-state index contributed by atoms with van der Waals surface area (Å²) < 4.78 is 1.12. The highest BCUT2D eigenvalue weighted by Gasteiger charge is 1.97. The van der Waals surface area contributed by atoms with Gasteiger partial charge in [-0.3, -0.25) is 0 Å². The summed E-state index contributed by atoms with van der Waals surface area (Å²) >= 11 is 8.26. The molecular weight excluding hydrogens is 254 g/mol. The van der Waals surface area contributed by atoms with E-state index in [9.17, 15) is 0 Å². The van der Waals surface area contributed by atoms with Gasteiger partial charge in [-0.1, -0.05) is 15.9 Å². The molecule has 4 heteroatoms. The molecule has 1 aromatic heterocycles. The number of hydrogen-bond donors (Lipinski definition) is 0. The highest BCUT2D eigenvalue weighted by molar-refractivity contribution is 9.11. The zero-order chi connectivity index (χ0) is 5.98. The van der Waals surface area contributed by atoms with Gasteiger partial charge in [0.2, 0.25) is 0 Å². The third kappa shape index (κ3) is 1.30. The monoisotopic (exact) mass is 255 g/mol. The second-order valence-corrected chi connectivity index (χ2v) is 3.94. The van der Waals surface area contributed by atoms with Gasteiger partial charge in [-0.2, -0.15) is 0 Å². The summed E-state index contributed by atoms with van der Waals surface area (Å²) in [5.41, 5.74) is 2.90. The minimum atomic E-state index is 0.830. The fourth-order valence-electron chi connectivity index (χ4n) is 0.342. The van der Waals surface area contributed by atoms with Crippen LogP contribution in [0.1, 0.15) is 5.69 Å². The van der Waals surface area contributed by atoms with Crippen molar-refractivity contribution < 1.29 is 0 Å². The molecule has 1 heterocycles. The topological polar surface area (TPSA) is 12.9 Å². The van der Waals surface area contributed by atoms with Gasteiger partial charge in [-0.05, 0) is 15.9 Å². The summed E-state index contributed by atoms with van der Waals surface area (Å²) in [5, 5.41) is 0.830. The Morgan fingerprint density at radius 1 is 1.75 bits per heavy atom. The maximum atomic E-state index is 4.06. The lowest BCUT2D eigenvalue weighted by Crippen LogP contribution is -1.73. The van der Waals surface area contributed by atoms with E-state index in [1.54, 1.807) is 11.3 Å². The number of aromatic nitrogens is 1. The van der Waals surface area contributed by atoms with E-state index < -0.39 is 0 Å². The Morgan fingerprint density at radius 2 is 2.50 bits per heavy atom. The van der Waals surface area contributed by atoms with Crippen LogP contribution in [0, 0.1) is 0 Å². The van der Waals surface area contributed by atoms with Crippen LogP contribution in [0.2, 0.25) is 0 Å². The molecule has 0 bridgehead atoms. The first kappa shape index (κ1) is 6.71. The molecule has 0 aliphatic rings. The molecule has 1 nitrogen and oxygen atoms in total. The van der Waals surface area contributed by atoms with Crippen molar-refractivity contribution in [2.45, 2.75) is 5.33 Å². The molecule has 0 fully saturated rings. The van der Waals surface area contributed by atoms with Gasteiger partial charge < -0.3 is 0 Å². The molecule has 44 valence electrons. The van der Waals surface area contributed by atoms with Crippen molar-refractivity contribution in [2.24, 2.45) is 0 Å². The summed E-state index contributed by atoms with van der Waals surface area (Å²) in [6, 6.07) is 0. The number of hydrogen-bond acceptors (Lipinski definition) is 2. The summed E-state index contributed by atoms with van der Waals surface area (Å²) in [6.07, 6.45) is 0. The molecular formula is C4H3Br2NS. The average Bonchev–Trinajstić information content (AvgIpc) is 2.14. The van der Waals surface area contributed by atoms with Crippen molar-refractivity contribution in [3.8, 4) is 0 Å². The van der Waals surface area contributed by atoms with Crippen LogP contribution in [0.5, 0.6) is 0 Å². The zero-order valence-corrected chi connectivity index (χ0v) is 7.88. The third-order valence-electron chi connectivity index (χ3n) is 0.718. The van der Waals surface area contributed by atoms with Gasteiger partial charge >= 0.3 is 0 Å². The van der Waals surface area contributed by atoms with Crippen LogP contribution in [0.4, 0.5) is 0 Å². The Hall–Kier alpha value is 0.590. The molecule has 1 rings (SSSR count). The van der Waals surface area contributed by atoms with E-state index in [-0.39, 0.29) is 0 Å². The van der Waals surface area contributed by atoms with Crippen LogP contribution in [-0.4, -0.2) is 4.98 Å². The molecule has 8 heavy (non-hydrogen) atoms. The van der Waals surface area contributed by atoms with E-state index in [0.29, 0.717) is 0 Å². The van der Waals surface area contributed by atoms with E-state index in [2.05, 4.69) is 36.8 Å². The van der Waals surface area contributed by atoms with Gasteiger partial charge in [0, 0.05) is 5.33 Å². The Kier molecular flexibility index (Phi) is 2.46. The number of alkyl halides is 1. The number of halogens is 2. The van der Waals surface area contributed by atoms with E-state index in [0.717, 1.165) is 14.8 Å². The average molecular weight is 257 g/mol. The van der Waals surface area contributed by atoms with Crippen molar-refractivity contribution in [1.82, 2.24) is 4.98 Å². The molecule has 0 atom stereocenters. The van der Waals surface area contributed by atoms with Crippen molar-refractivity contribution in [2.75, 3.05) is 0 Å². The van der Waals surface area contributed by atoms with Crippen LogP contribution >= 0.6 is 43.2 Å². The fraction of sp³-hybridized carbons (Fsp3) is 0.250. The van der Waals surface area contributed by atoms with Gasteiger partial charge in [-0.15, -0.1) is 11.3 Å². The lowest BCUT2D eigenvalue weighted by Gasteiger charge is -1.82. The molecule has 0 N–H and O–H groups in total. The molecule has 0 unspecified atom stereocenters. The van der Waals surface area contributed by atoms with Crippen molar-refractivity contribution in [3.63, 3.8) is 0 Å². The Labute approximate surface area is 68.4 Å². The van der Waals surface area contributed by atoms with Gasteiger partial charge in [0.15, 0.2) is 0 Å². The number of nitrogens with zero attached hydrogens (tertiary/aromatic N) is 1. The van der Waals surface area contributed by atoms with Gasteiger partial charge in [0.1, 0.15) is 0 Å². The van der Waals surface area contributed by atoms with Gasteiger partial charge in [0.05, 0.1) is 15.0 Å². The molecule has 0 aliphatic heterocycles. The van der Waals surface area contributed by atoms with Gasteiger partial charge in [0.25, 0.3) is 0 Å². The first-order valence-electron chi connectivity index (χ1n) is 1.98. The van der Waals surface area contributed by atoms with E-state index in [1.807, 2.05) is 5.51 Å². The lowest BCUT2D eigenvalue weighted by atomic mass is 10.6. The highest BCUT2D eigenvalue weighted by Crippen LogP contribution is 2.21. The molecule has 0 aliphatic carbocycles. The standard InChI is InChI=1S/C4H3Br2NS/c5-1-3-4(6)8-2-7-3/h2H,1H2. The van der Waals surface area contributed by atoms with E-state index >= 15 is 0 Å². The lowest BCUT2D eigenvalue weighted by molar-refractivity contribution is 1.23. The first-order valence-corrected chi connectivity index (χ1v) is 4.78. The largest absolute Gasteiger partial charge is 0.248 e.